The molecule has 0 bridgehead atoms. The van der Waals surface area contributed by atoms with E-state index in [0.717, 1.165) is 19.3 Å². The van der Waals surface area contributed by atoms with Crippen molar-refractivity contribution in [3.05, 3.63) is 18.0 Å². The molecule has 0 saturated heterocycles. The van der Waals surface area contributed by atoms with Gasteiger partial charge in [-0.2, -0.15) is 0 Å². The molecule has 1 amide bonds. The van der Waals surface area contributed by atoms with Crippen molar-refractivity contribution in [3.8, 4) is 0 Å². The fourth-order valence-corrected chi connectivity index (χ4v) is 3.33. The van der Waals surface area contributed by atoms with Crippen molar-refractivity contribution in [3.63, 3.8) is 0 Å². The van der Waals surface area contributed by atoms with E-state index < -0.39 is 9.05 Å². The van der Waals surface area contributed by atoms with E-state index in [1.165, 1.54) is 18.7 Å². The fourth-order valence-electron chi connectivity index (χ4n) is 2.57. The van der Waals surface area contributed by atoms with Gasteiger partial charge in [0.25, 0.3) is 15.0 Å². The Labute approximate surface area is 130 Å². The van der Waals surface area contributed by atoms with Gasteiger partial charge in [-0.15, -0.1) is 0 Å². The Morgan fingerprint density at radius 1 is 1.52 bits per heavy atom. The minimum absolute atomic E-state index is 0.0286. The molecule has 1 unspecified atom stereocenters. The van der Waals surface area contributed by atoms with Crippen LogP contribution in [0.3, 0.4) is 0 Å². The molecule has 1 aromatic heterocycles. The van der Waals surface area contributed by atoms with Crippen LogP contribution >= 0.6 is 10.7 Å². The number of amides is 1. The Bertz CT molecular complexity index is 620. The number of nitrogens with zero attached hydrogens (tertiary/aromatic N) is 1. The van der Waals surface area contributed by atoms with E-state index >= 15 is 0 Å². The molecule has 0 spiro atoms. The molecule has 1 aliphatic carbocycles. The van der Waals surface area contributed by atoms with E-state index in [-0.39, 0.29) is 16.8 Å². The summed E-state index contributed by atoms with van der Waals surface area (Å²) < 4.78 is 24.5. The summed E-state index contributed by atoms with van der Waals surface area (Å²) in [5.74, 6) is 0.286. The first-order valence-electron chi connectivity index (χ1n) is 7.28. The van der Waals surface area contributed by atoms with E-state index in [0.29, 0.717) is 18.2 Å². The van der Waals surface area contributed by atoms with Crippen molar-refractivity contribution in [2.45, 2.75) is 57.0 Å². The molecule has 0 aliphatic heterocycles. The highest BCUT2D eigenvalue weighted by atomic mass is 35.7. The summed E-state index contributed by atoms with van der Waals surface area (Å²) in [6, 6.07) is 1.45. The molecule has 7 heteroatoms. The van der Waals surface area contributed by atoms with Crippen molar-refractivity contribution in [2.75, 3.05) is 0 Å². The van der Waals surface area contributed by atoms with Crippen LogP contribution in [0.4, 0.5) is 0 Å². The zero-order valence-corrected chi connectivity index (χ0v) is 13.9. The lowest BCUT2D eigenvalue weighted by Crippen LogP contribution is -2.41. The average Bonchev–Trinajstić information content (AvgIpc) is 2.70. The maximum atomic E-state index is 12.4. The molecule has 2 rings (SSSR count). The molecule has 1 fully saturated rings. The van der Waals surface area contributed by atoms with Crippen LogP contribution in [0.15, 0.2) is 17.2 Å². The topological polar surface area (TPSA) is 68.2 Å². The third-order valence-corrected chi connectivity index (χ3v) is 5.39. The summed E-state index contributed by atoms with van der Waals surface area (Å²) in [6.07, 6.45) is 5.72. The smallest absolute Gasteiger partial charge is 0.268 e. The second-order valence-electron chi connectivity index (χ2n) is 5.65. The molecule has 1 aliphatic rings. The van der Waals surface area contributed by atoms with Crippen LogP contribution in [-0.2, 0) is 15.6 Å². The highest BCUT2D eigenvalue weighted by molar-refractivity contribution is 8.13. The zero-order valence-electron chi connectivity index (χ0n) is 12.3. The number of halogens is 1. The Balaban J connectivity index is 2.19. The Hall–Kier alpha value is -1.01. The molecule has 1 atom stereocenters. The first kappa shape index (κ1) is 16.4. The van der Waals surface area contributed by atoms with Crippen LogP contribution in [0.25, 0.3) is 0 Å². The molecule has 1 saturated carbocycles. The summed E-state index contributed by atoms with van der Waals surface area (Å²) in [5, 5.41) is 2.96. The summed E-state index contributed by atoms with van der Waals surface area (Å²) in [4.78, 5) is 12.3. The molecule has 1 aromatic rings. The number of aryl methyl sites for hydroxylation is 1. The lowest BCUT2D eigenvalue weighted by atomic mass is 9.80. The molecule has 5 nitrogen and oxygen atoms in total. The van der Waals surface area contributed by atoms with Gasteiger partial charge in [0, 0.05) is 29.5 Å². The van der Waals surface area contributed by atoms with E-state index in [4.69, 9.17) is 10.7 Å². The SMILES string of the molecule is CCCn1cc(S(=O)(=O)Cl)cc1C(=O)NC(C)C1CCC1. The number of rotatable bonds is 6. The highest BCUT2D eigenvalue weighted by Gasteiger charge is 2.27. The average molecular weight is 333 g/mol. The van der Waals surface area contributed by atoms with Gasteiger partial charge in [-0.25, -0.2) is 8.42 Å². The summed E-state index contributed by atoms with van der Waals surface area (Å²) in [5.41, 5.74) is 0.349. The van der Waals surface area contributed by atoms with Crippen molar-refractivity contribution in [1.29, 1.82) is 0 Å². The maximum Gasteiger partial charge on any atom is 0.268 e. The molecular weight excluding hydrogens is 312 g/mol. The predicted molar refractivity (Wildman–Crippen MR) is 82.0 cm³/mol. The van der Waals surface area contributed by atoms with Crippen LogP contribution < -0.4 is 5.32 Å². The van der Waals surface area contributed by atoms with Gasteiger partial charge >= 0.3 is 0 Å². The van der Waals surface area contributed by atoms with Gasteiger partial charge in [0.1, 0.15) is 10.6 Å². The first-order chi connectivity index (χ1) is 9.82. The van der Waals surface area contributed by atoms with Crippen LogP contribution in [0, 0.1) is 5.92 Å². The third kappa shape index (κ3) is 3.80. The highest BCUT2D eigenvalue weighted by Crippen LogP contribution is 2.29. The second kappa shape index (κ2) is 6.40. The fraction of sp³-hybridized carbons (Fsp3) is 0.643. The Morgan fingerprint density at radius 3 is 2.67 bits per heavy atom. The van der Waals surface area contributed by atoms with Crippen molar-refractivity contribution >= 4 is 25.6 Å². The summed E-state index contributed by atoms with van der Waals surface area (Å²) in [7, 11) is 1.54. The van der Waals surface area contributed by atoms with E-state index in [2.05, 4.69) is 5.32 Å². The lowest BCUT2D eigenvalue weighted by Gasteiger charge is -2.31. The van der Waals surface area contributed by atoms with Gasteiger partial charge in [-0.3, -0.25) is 4.79 Å². The van der Waals surface area contributed by atoms with Gasteiger partial charge in [-0.1, -0.05) is 13.3 Å². The van der Waals surface area contributed by atoms with Gasteiger partial charge in [-0.05, 0) is 38.2 Å². The molecule has 1 heterocycles. The molecule has 0 radical (unpaired) electrons. The molecular formula is C14H21ClN2O3S. The maximum absolute atomic E-state index is 12.4. The summed E-state index contributed by atoms with van der Waals surface area (Å²) in [6.45, 7) is 4.54. The monoisotopic (exact) mass is 332 g/mol. The first-order valence-corrected chi connectivity index (χ1v) is 9.59. The minimum Gasteiger partial charge on any atom is -0.348 e. The van der Waals surface area contributed by atoms with Crippen molar-refractivity contribution < 1.29 is 13.2 Å². The standard InChI is InChI=1S/C14H21ClN2O3S/c1-3-7-17-9-12(21(15,19)20)8-13(17)14(18)16-10(2)11-5-4-6-11/h8-11H,3-7H2,1-2H3,(H,16,18). The Kier molecular flexibility index (Phi) is 4.99. The van der Waals surface area contributed by atoms with Crippen LogP contribution in [0.2, 0.25) is 0 Å². The molecule has 21 heavy (non-hydrogen) atoms. The van der Waals surface area contributed by atoms with E-state index in [9.17, 15) is 13.2 Å². The van der Waals surface area contributed by atoms with Gasteiger partial charge in [0.05, 0.1) is 0 Å². The van der Waals surface area contributed by atoms with Gasteiger partial charge in [0.15, 0.2) is 0 Å². The number of hydrogen-bond donors (Lipinski definition) is 1. The summed E-state index contributed by atoms with van der Waals surface area (Å²) >= 11 is 0. The quantitative estimate of drug-likeness (QED) is 0.814. The van der Waals surface area contributed by atoms with E-state index in [1.54, 1.807) is 4.57 Å². The lowest BCUT2D eigenvalue weighted by molar-refractivity contribution is 0.0899. The molecule has 0 aromatic carbocycles. The van der Waals surface area contributed by atoms with Crippen LogP contribution in [0.5, 0.6) is 0 Å². The molecule has 1 N–H and O–H groups in total. The normalized spacial score (nSPS) is 17.3. The largest absolute Gasteiger partial charge is 0.348 e. The molecule has 118 valence electrons. The number of aromatic nitrogens is 1. The second-order valence-corrected chi connectivity index (χ2v) is 8.21. The van der Waals surface area contributed by atoms with Crippen LogP contribution in [-0.4, -0.2) is 24.9 Å². The van der Waals surface area contributed by atoms with Crippen molar-refractivity contribution in [2.24, 2.45) is 5.92 Å². The number of nitrogens with one attached hydrogen (secondary N) is 1. The number of carbonyl (C=O) groups is 1. The van der Waals surface area contributed by atoms with Gasteiger partial charge < -0.3 is 9.88 Å². The zero-order chi connectivity index (χ0) is 15.6. The van der Waals surface area contributed by atoms with Gasteiger partial charge in [0.2, 0.25) is 0 Å². The Morgan fingerprint density at radius 2 is 2.19 bits per heavy atom. The van der Waals surface area contributed by atoms with Crippen molar-refractivity contribution in [1.82, 2.24) is 9.88 Å². The van der Waals surface area contributed by atoms with Crippen LogP contribution in [0.1, 0.15) is 50.0 Å². The predicted octanol–water partition coefficient (Wildman–Crippen LogP) is 2.74. The minimum atomic E-state index is -3.82. The number of carbonyl (C=O) groups excluding carboxylic acids is 1. The van der Waals surface area contributed by atoms with E-state index in [1.807, 2.05) is 13.8 Å². The number of hydrogen-bond acceptors (Lipinski definition) is 3. The third-order valence-electron chi connectivity index (χ3n) is 4.07.